The number of ether oxygens (including phenoxy) is 3. The van der Waals surface area contributed by atoms with Gasteiger partial charge in [0.05, 0.1) is 19.3 Å². The molecule has 2 aromatic carbocycles. The first kappa shape index (κ1) is 23.5. The van der Waals surface area contributed by atoms with Crippen LogP contribution in [0.2, 0.25) is 0 Å². The van der Waals surface area contributed by atoms with E-state index < -0.39 is 11.6 Å². The molecular formula is C26H34F2O3. The van der Waals surface area contributed by atoms with Crippen molar-refractivity contribution >= 4 is 0 Å². The minimum Gasteiger partial charge on any atom is -0.491 e. The minimum atomic E-state index is -0.901. The van der Waals surface area contributed by atoms with Gasteiger partial charge in [0.2, 0.25) is 5.82 Å². The second kappa shape index (κ2) is 12.0. The van der Waals surface area contributed by atoms with Crippen molar-refractivity contribution in [3.05, 3.63) is 59.2 Å². The van der Waals surface area contributed by atoms with Crippen molar-refractivity contribution in [1.29, 1.82) is 0 Å². The largest absolute Gasteiger partial charge is 0.491 e. The minimum absolute atomic E-state index is 0.0154. The highest BCUT2D eigenvalue weighted by Crippen LogP contribution is 2.33. The molecule has 0 amide bonds. The van der Waals surface area contributed by atoms with Gasteiger partial charge in [-0.05, 0) is 61.4 Å². The van der Waals surface area contributed by atoms with Crippen molar-refractivity contribution in [3.8, 4) is 11.5 Å². The highest BCUT2D eigenvalue weighted by atomic mass is 19.2. The molecule has 3 rings (SSSR count). The molecule has 1 fully saturated rings. The number of unbranched alkanes of at least 4 members (excludes halogenated alkanes) is 2. The maximum Gasteiger partial charge on any atom is 0.200 e. The van der Waals surface area contributed by atoms with E-state index in [0.717, 1.165) is 37.9 Å². The molecule has 0 aliphatic carbocycles. The second-order valence-corrected chi connectivity index (χ2v) is 8.27. The number of hydrogen-bond donors (Lipinski definition) is 0. The molecule has 0 saturated carbocycles. The van der Waals surface area contributed by atoms with Gasteiger partial charge >= 0.3 is 0 Å². The zero-order valence-corrected chi connectivity index (χ0v) is 18.7. The van der Waals surface area contributed by atoms with Gasteiger partial charge in [-0.1, -0.05) is 44.9 Å². The summed E-state index contributed by atoms with van der Waals surface area (Å²) in [6, 6.07) is 11.4. The van der Waals surface area contributed by atoms with E-state index in [9.17, 15) is 8.78 Å². The van der Waals surface area contributed by atoms with Gasteiger partial charge in [0.1, 0.15) is 12.4 Å². The monoisotopic (exact) mass is 432 g/mol. The normalized spacial score (nSPS) is 18.7. The van der Waals surface area contributed by atoms with Gasteiger partial charge in [-0.25, -0.2) is 4.39 Å². The Kier molecular flexibility index (Phi) is 9.13. The van der Waals surface area contributed by atoms with Crippen LogP contribution >= 0.6 is 0 Å². The Balaban J connectivity index is 1.47. The van der Waals surface area contributed by atoms with Gasteiger partial charge in [-0.3, -0.25) is 0 Å². The standard InChI is InChI=1S/C26H34F2O3/c1-3-5-7-19-8-11-21(12-9-19)31-18-22-13-10-20(17-30-22)23-14-15-24(26(28)25(23)27)29-16-6-4-2/h8-9,11-12,14-15,20,22H,3-7,10,13,16-18H2,1-2H3. The molecule has 1 heterocycles. The lowest BCUT2D eigenvalue weighted by Gasteiger charge is -2.29. The number of hydrogen-bond acceptors (Lipinski definition) is 3. The van der Waals surface area contributed by atoms with E-state index in [2.05, 4.69) is 19.1 Å². The molecule has 0 bridgehead atoms. The van der Waals surface area contributed by atoms with Gasteiger partial charge in [0.25, 0.3) is 0 Å². The average Bonchev–Trinajstić information content (AvgIpc) is 2.80. The third kappa shape index (κ3) is 6.67. The van der Waals surface area contributed by atoms with Crippen molar-refractivity contribution in [2.24, 2.45) is 0 Å². The smallest absolute Gasteiger partial charge is 0.200 e. The van der Waals surface area contributed by atoms with E-state index >= 15 is 0 Å². The predicted molar refractivity (Wildman–Crippen MR) is 119 cm³/mol. The molecule has 2 atom stereocenters. The Hall–Kier alpha value is -2.14. The highest BCUT2D eigenvalue weighted by Gasteiger charge is 2.27. The fourth-order valence-electron chi connectivity index (χ4n) is 3.81. The third-order valence-electron chi connectivity index (χ3n) is 5.82. The lowest BCUT2D eigenvalue weighted by atomic mass is 9.91. The summed E-state index contributed by atoms with van der Waals surface area (Å²) in [4.78, 5) is 0. The van der Waals surface area contributed by atoms with Crippen LogP contribution in [-0.2, 0) is 11.2 Å². The third-order valence-corrected chi connectivity index (χ3v) is 5.82. The molecule has 0 aromatic heterocycles. The van der Waals surface area contributed by atoms with Crippen LogP contribution in [0.4, 0.5) is 8.78 Å². The maximum absolute atomic E-state index is 14.6. The summed E-state index contributed by atoms with van der Waals surface area (Å²) in [6.07, 6.45) is 6.66. The lowest BCUT2D eigenvalue weighted by Crippen LogP contribution is -2.30. The first-order chi connectivity index (χ1) is 15.1. The zero-order valence-electron chi connectivity index (χ0n) is 18.7. The highest BCUT2D eigenvalue weighted by molar-refractivity contribution is 5.33. The quantitative estimate of drug-likeness (QED) is 0.364. The Labute approximate surface area is 184 Å². The van der Waals surface area contributed by atoms with Gasteiger partial charge in [0.15, 0.2) is 11.6 Å². The summed E-state index contributed by atoms with van der Waals surface area (Å²) >= 11 is 0. The molecule has 31 heavy (non-hydrogen) atoms. The first-order valence-electron chi connectivity index (χ1n) is 11.6. The molecule has 3 nitrogen and oxygen atoms in total. The Morgan fingerprint density at radius 2 is 1.68 bits per heavy atom. The van der Waals surface area contributed by atoms with Crippen molar-refractivity contribution in [2.75, 3.05) is 19.8 Å². The number of halogens is 2. The van der Waals surface area contributed by atoms with E-state index in [-0.39, 0.29) is 17.8 Å². The summed E-state index contributed by atoms with van der Waals surface area (Å²) < 4.78 is 46.1. The van der Waals surface area contributed by atoms with Crippen LogP contribution in [-0.4, -0.2) is 25.9 Å². The van der Waals surface area contributed by atoms with Crippen LogP contribution in [0.5, 0.6) is 11.5 Å². The van der Waals surface area contributed by atoms with Crippen molar-refractivity contribution < 1.29 is 23.0 Å². The predicted octanol–water partition coefficient (Wildman–Crippen LogP) is 6.83. The maximum atomic E-state index is 14.6. The van der Waals surface area contributed by atoms with Crippen molar-refractivity contribution in [3.63, 3.8) is 0 Å². The average molecular weight is 433 g/mol. The topological polar surface area (TPSA) is 27.7 Å². The molecule has 0 radical (unpaired) electrons. The van der Waals surface area contributed by atoms with E-state index in [1.807, 2.05) is 19.1 Å². The first-order valence-corrected chi connectivity index (χ1v) is 11.6. The van der Waals surface area contributed by atoms with Gasteiger partial charge in [0, 0.05) is 5.92 Å². The van der Waals surface area contributed by atoms with Crippen molar-refractivity contribution in [2.45, 2.75) is 70.8 Å². The molecule has 0 spiro atoms. The molecule has 1 saturated heterocycles. The van der Waals surface area contributed by atoms with Crippen LogP contribution in [0.3, 0.4) is 0 Å². The van der Waals surface area contributed by atoms with E-state index in [1.54, 1.807) is 6.07 Å². The molecule has 2 unspecified atom stereocenters. The van der Waals surface area contributed by atoms with Crippen molar-refractivity contribution in [1.82, 2.24) is 0 Å². The summed E-state index contributed by atoms with van der Waals surface area (Å²) in [5, 5.41) is 0. The SMILES string of the molecule is CCCCOc1ccc(C2CCC(COc3ccc(CCCC)cc3)OC2)c(F)c1F. The van der Waals surface area contributed by atoms with Gasteiger partial charge < -0.3 is 14.2 Å². The second-order valence-electron chi connectivity index (χ2n) is 8.27. The van der Waals surface area contributed by atoms with Crippen LogP contribution in [0.15, 0.2) is 36.4 Å². The summed E-state index contributed by atoms with van der Waals surface area (Å²) in [7, 11) is 0. The molecular weight excluding hydrogens is 398 g/mol. The van der Waals surface area contributed by atoms with Crippen LogP contribution < -0.4 is 9.47 Å². The number of aryl methyl sites for hydroxylation is 1. The summed E-state index contributed by atoms with van der Waals surface area (Å²) in [6.45, 7) is 5.42. The lowest BCUT2D eigenvalue weighted by molar-refractivity contribution is -0.0218. The summed E-state index contributed by atoms with van der Waals surface area (Å²) in [5.41, 5.74) is 1.68. The van der Waals surface area contributed by atoms with Crippen LogP contribution in [0.25, 0.3) is 0 Å². The zero-order chi connectivity index (χ0) is 22.1. The Bertz CT molecular complexity index is 799. The Morgan fingerprint density at radius 3 is 2.35 bits per heavy atom. The molecule has 1 aliphatic heterocycles. The molecule has 170 valence electrons. The van der Waals surface area contributed by atoms with Crippen LogP contribution in [0, 0.1) is 11.6 Å². The molecule has 2 aromatic rings. The van der Waals surface area contributed by atoms with E-state index in [1.165, 1.54) is 24.5 Å². The fraction of sp³-hybridized carbons (Fsp3) is 0.538. The fourth-order valence-corrected chi connectivity index (χ4v) is 3.81. The number of rotatable bonds is 11. The van der Waals surface area contributed by atoms with Gasteiger partial charge in [-0.15, -0.1) is 0 Å². The molecule has 1 aliphatic rings. The Morgan fingerprint density at radius 1 is 0.903 bits per heavy atom. The molecule has 5 heteroatoms. The van der Waals surface area contributed by atoms with E-state index in [4.69, 9.17) is 14.2 Å². The summed E-state index contributed by atoms with van der Waals surface area (Å²) in [5.74, 6) is -1.06. The van der Waals surface area contributed by atoms with E-state index in [0.29, 0.717) is 25.4 Å². The van der Waals surface area contributed by atoms with Crippen LogP contribution in [0.1, 0.15) is 69.4 Å². The number of benzene rings is 2. The molecule has 0 N–H and O–H groups in total. The van der Waals surface area contributed by atoms with Gasteiger partial charge in [-0.2, -0.15) is 4.39 Å².